The van der Waals surface area contributed by atoms with Crippen molar-refractivity contribution >= 4 is 29.1 Å². The number of hydrogen-bond acceptors (Lipinski definition) is 3. The maximum Gasteiger partial charge on any atom is 0.244 e. The van der Waals surface area contributed by atoms with E-state index in [4.69, 9.17) is 16.3 Å². The van der Waals surface area contributed by atoms with Crippen LogP contribution >= 0.6 is 11.6 Å². The number of hydrogen-bond donors (Lipinski definition) is 1. The number of carbonyl (C=O) groups excluding carboxylic acids is 2. The first-order chi connectivity index (χ1) is 11.9. The van der Waals surface area contributed by atoms with Gasteiger partial charge in [-0.25, -0.2) is 4.39 Å². The quantitative estimate of drug-likeness (QED) is 0.856. The highest BCUT2D eigenvalue weighted by molar-refractivity contribution is 6.31. The predicted molar refractivity (Wildman–Crippen MR) is 94.4 cm³/mol. The topological polar surface area (TPSA) is 58.6 Å². The maximum atomic E-state index is 13.2. The lowest BCUT2D eigenvalue weighted by atomic mass is 10.1. The van der Waals surface area contributed by atoms with Crippen LogP contribution in [0.2, 0.25) is 5.02 Å². The van der Waals surface area contributed by atoms with Gasteiger partial charge in [0.1, 0.15) is 11.6 Å². The van der Waals surface area contributed by atoms with Crippen LogP contribution in [0.5, 0.6) is 5.75 Å². The van der Waals surface area contributed by atoms with Crippen LogP contribution in [0, 0.1) is 5.82 Å². The number of anilines is 1. The number of halogens is 2. The van der Waals surface area contributed by atoms with Crippen LogP contribution in [-0.2, 0) is 16.0 Å². The summed E-state index contributed by atoms with van der Waals surface area (Å²) in [5.74, 6) is -0.625. The molecule has 0 saturated carbocycles. The summed E-state index contributed by atoms with van der Waals surface area (Å²) in [7, 11) is 2.99. The summed E-state index contributed by atoms with van der Waals surface area (Å²) in [6, 6.07) is 10.6. The lowest BCUT2D eigenvalue weighted by Gasteiger charge is -2.17. The molecule has 1 N–H and O–H groups in total. The highest BCUT2D eigenvalue weighted by Crippen LogP contribution is 2.27. The zero-order chi connectivity index (χ0) is 18.4. The number of likely N-dealkylation sites (N-methyl/N-ethyl adjacent to an activating group) is 1. The Bertz CT molecular complexity index is 783. The van der Waals surface area contributed by atoms with Gasteiger partial charge in [-0.05, 0) is 35.9 Å². The van der Waals surface area contributed by atoms with E-state index in [0.29, 0.717) is 22.0 Å². The van der Waals surface area contributed by atoms with Crippen molar-refractivity contribution in [3.8, 4) is 5.75 Å². The van der Waals surface area contributed by atoms with Crippen molar-refractivity contribution in [1.29, 1.82) is 0 Å². The summed E-state index contributed by atoms with van der Waals surface area (Å²) in [6.45, 7) is -0.149. The van der Waals surface area contributed by atoms with Gasteiger partial charge in [0.25, 0.3) is 0 Å². The van der Waals surface area contributed by atoms with E-state index < -0.39 is 11.7 Å². The third-order valence-electron chi connectivity index (χ3n) is 3.49. The fourth-order valence-electron chi connectivity index (χ4n) is 2.23. The van der Waals surface area contributed by atoms with Gasteiger partial charge >= 0.3 is 0 Å². The van der Waals surface area contributed by atoms with Crippen molar-refractivity contribution in [2.75, 3.05) is 26.0 Å². The zero-order valence-corrected chi connectivity index (χ0v) is 14.6. The first-order valence-corrected chi connectivity index (χ1v) is 7.88. The number of rotatable bonds is 6. The molecule has 0 unspecified atom stereocenters. The van der Waals surface area contributed by atoms with Gasteiger partial charge < -0.3 is 15.0 Å². The van der Waals surface area contributed by atoms with Crippen LogP contribution in [0.4, 0.5) is 10.1 Å². The average molecular weight is 365 g/mol. The fourth-order valence-corrected chi connectivity index (χ4v) is 2.40. The SMILES string of the molecule is COc1ccc(Cl)cc1NC(=O)CN(C)C(=O)Cc1cccc(F)c1. The normalized spacial score (nSPS) is 10.2. The fraction of sp³-hybridized carbons (Fsp3) is 0.222. The van der Waals surface area contributed by atoms with Crippen molar-refractivity contribution in [1.82, 2.24) is 4.90 Å². The highest BCUT2D eigenvalue weighted by Gasteiger charge is 2.15. The molecule has 132 valence electrons. The van der Waals surface area contributed by atoms with Crippen LogP contribution in [0.15, 0.2) is 42.5 Å². The lowest BCUT2D eigenvalue weighted by Crippen LogP contribution is -2.35. The molecule has 2 aromatic rings. The van der Waals surface area contributed by atoms with Crippen molar-refractivity contribution < 1.29 is 18.7 Å². The minimum Gasteiger partial charge on any atom is -0.495 e. The van der Waals surface area contributed by atoms with Crippen LogP contribution in [0.1, 0.15) is 5.56 Å². The first kappa shape index (κ1) is 18.7. The maximum absolute atomic E-state index is 13.2. The summed E-state index contributed by atoms with van der Waals surface area (Å²) >= 11 is 5.91. The Morgan fingerprint density at radius 2 is 2.00 bits per heavy atom. The van der Waals surface area contributed by atoms with Gasteiger partial charge in [0.05, 0.1) is 25.8 Å². The molecule has 0 bridgehead atoms. The summed E-state index contributed by atoms with van der Waals surface area (Å²) in [5.41, 5.74) is 0.972. The molecule has 5 nitrogen and oxygen atoms in total. The van der Waals surface area contributed by atoms with Gasteiger partial charge in [0.15, 0.2) is 0 Å². The largest absolute Gasteiger partial charge is 0.495 e. The third kappa shape index (κ3) is 5.46. The Kier molecular flexibility index (Phi) is 6.36. The Labute approximate surface area is 150 Å². The second-order valence-electron chi connectivity index (χ2n) is 5.45. The second kappa shape index (κ2) is 8.48. The Hall–Kier alpha value is -2.60. The standard InChI is InChI=1S/C18H18ClFN2O3/c1-22(18(24)9-12-4-3-5-14(20)8-12)11-17(23)21-15-10-13(19)6-7-16(15)25-2/h3-8,10H,9,11H2,1-2H3,(H,21,23). The molecule has 0 radical (unpaired) electrons. The molecule has 0 aliphatic rings. The van der Waals surface area contributed by atoms with E-state index in [2.05, 4.69) is 5.32 Å². The summed E-state index contributed by atoms with van der Waals surface area (Å²) in [4.78, 5) is 25.6. The molecule has 0 aromatic heterocycles. The molecule has 0 aliphatic heterocycles. The van der Waals surface area contributed by atoms with Gasteiger partial charge in [0, 0.05) is 12.1 Å². The van der Waals surface area contributed by atoms with Gasteiger partial charge in [0.2, 0.25) is 11.8 Å². The van der Waals surface area contributed by atoms with E-state index in [9.17, 15) is 14.0 Å². The zero-order valence-electron chi connectivity index (χ0n) is 13.9. The molecule has 2 rings (SSSR count). The Morgan fingerprint density at radius 3 is 2.68 bits per heavy atom. The molecule has 2 amide bonds. The highest BCUT2D eigenvalue weighted by atomic mass is 35.5. The number of nitrogens with one attached hydrogen (secondary N) is 1. The summed E-state index contributed by atoms with van der Waals surface area (Å²) in [6.07, 6.45) is 0.0159. The molecule has 0 saturated heterocycles. The molecule has 0 spiro atoms. The van der Waals surface area contributed by atoms with Gasteiger partial charge in [-0.1, -0.05) is 23.7 Å². The molecular formula is C18H18ClFN2O3. The molecule has 0 fully saturated rings. The number of ether oxygens (including phenoxy) is 1. The Balaban J connectivity index is 1.95. The minimum atomic E-state index is -0.404. The van der Waals surface area contributed by atoms with Crippen molar-refractivity contribution in [2.24, 2.45) is 0 Å². The van der Waals surface area contributed by atoms with Crippen molar-refractivity contribution in [2.45, 2.75) is 6.42 Å². The second-order valence-corrected chi connectivity index (χ2v) is 5.89. The number of benzene rings is 2. The van der Waals surface area contributed by atoms with Gasteiger partial charge in [-0.2, -0.15) is 0 Å². The molecule has 7 heteroatoms. The number of carbonyl (C=O) groups is 2. The van der Waals surface area contributed by atoms with E-state index in [1.54, 1.807) is 24.3 Å². The number of nitrogens with zero attached hydrogens (tertiary/aromatic N) is 1. The Morgan fingerprint density at radius 1 is 1.24 bits per heavy atom. The molecule has 0 aliphatic carbocycles. The molecule has 0 atom stereocenters. The predicted octanol–water partition coefficient (Wildman–Crippen LogP) is 3.13. The lowest BCUT2D eigenvalue weighted by molar-refractivity contribution is -0.132. The number of methoxy groups -OCH3 is 1. The van der Waals surface area contributed by atoms with Crippen molar-refractivity contribution in [3.05, 3.63) is 58.9 Å². The molecule has 0 heterocycles. The summed E-state index contributed by atoms with van der Waals surface area (Å²) in [5, 5.41) is 3.11. The molecular weight excluding hydrogens is 347 g/mol. The van der Waals surface area contributed by atoms with Crippen molar-refractivity contribution in [3.63, 3.8) is 0 Å². The summed E-state index contributed by atoms with van der Waals surface area (Å²) < 4.78 is 18.3. The minimum absolute atomic E-state index is 0.0159. The van der Waals surface area contributed by atoms with Crippen LogP contribution in [-0.4, -0.2) is 37.4 Å². The molecule has 25 heavy (non-hydrogen) atoms. The van der Waals surface area contributed by atoms with E-state index in [1.165, 1.54) is 37.3 Å². The van der Waals surface area contributed by atoms with Crippen LogP contribution < -0.4 is 10.1 Å². The van der Waals surface area contributed by atoms with Crippen LogP contribution in [0.25, 0.3) is 0 Å². The van der Waals surface area contributed by atoms with Crippen LogP contribution in [0.3, 0.4) is 0 Å². The van der Waals surface area contributed by atoms with E-state index in [-0.39, 0.29) is 18.9 Å². The average Bonchev–Trinajstić information content (AvgIpc) is 2.55. The van der Waals surface area contributed by atoms with E-state index >= 15 is 0 Å². The first-order valence-electron chi connectivity index (χ1n) is 7.51. The smallest absolute Gasteiger partial charge is 0.244 e. The van der Waals surface area contributed by atoms with Gasteiger partial charge in [-0.15, -0.1) is 0 Å². The van der Waals surface area contributed by atoms with E-state index in [0.717, 1.165) is 0 Å². The number of amides is 2. The monoisotopic (exact) mass is 364 g/mol. The molecule has 2 aromatic carbocycles. The van der Waals surface area contributed by atoms with Gasteiger partial charge in [-0.3, -0.25) is 9.59 Å². The van der Waals surface area contributed by atoms with E-state index in [1.807, 2.05) is 0 Å². The third-order valence-corrected chi connectivity index (χ3v) is 3.72.